The van der Waals surface area contributed by atoms with Gasteiger partial charge in [0, 0.05) is 15.8 Å². The highest BCUT2D eigenvalue weighted by Crippen LogP contribution is 2.28. The Balaban J connectivity index is 2.09. The van der Waals surface area contributed by atoms with Gasteiger partial charge < -0.3 is 4.74 Å². The van der Waals surface area contributed by atoms with Gasteiger partial charge in [-0.15, -0.1) is 11.3 Å². The topological polar surface area (TPSA) is 26.3 Å². The molecule has 1 heterocycles. The summed E-state index contributed by atoms with van der Waals surface area (Å²) in [5.74, 6) is -0.299. The van der Waals surface area contributed by atoms with Crippen LogP contribution >= 0.6 is 11.3 Å². The molecule has 0 bridgehead atoms. The second-order valence-corrected chi connectivity index (χ2v) is 4.77. The number of rotatable bonds is 4. The molecule has 3 heteroatoms. The Labute approximate surface area is 111 Å². The Hall–Kier alpha value is -1.87. The minimum Gasteiger partial charge on any atom is -0.463 e. The zero-order chi connectivity index (χ0) is 12.8. The van der Waals surface area contributed by atoms with Gasteiger partial charge in [-0.3, -0.25) is 0 Å². The van der Waals surface area contributed by atoms with Crippen molar-refractivity contribution in [2.45, 2.75) is 6.92 Å². The van der Waals surface area contributed by atoms with E-state index in [1.807, 2.05) is 24.3 Å². The van der Waals surface area contributed by atoms with Gasteiger partial charge in [0.1, 0.15) is 0 Å². The van der Waals surface area contributed by atoms with Gasteiger partial charge in [-0.25, -0.2) is 4.79 Å². The van der Waals surface area contributed by atoms with Crippen LogP contribution in [0.25, 0.3) is 16.5 Å². The molecule has 0 amide bonds. The van der Waals surface area contributed by atoms with E-state index in [1.54, 1.807) is 24.3 Å². The molecule has 2 rings (SSSR count). The summed E-state index contributed by atoms with van der Waals surface area (Å²) in [7, 11) is 0. The molecule has 0 spiro atoms. The van der Waals surface area contributed by atoms with E-state index in [1.165, 1.54) is 16.5 Å². The van der Waals surface area contributed by atoms with E-state index in [2.05, 4.69) is 18.2 Å². The molecule has 0 fully saturated rings. The molecule has 0 unspecified atom stereocenters. The lowest BCUT2D eigenvalue weighted by Gasteiger charge is -1.94. The van der Waals surface area contributed by atoms with E-state index in [0.29, 0.717) is 6.61 Å². The van der Waals surface area contributed by atoms with Gasteiger partial charge in [-0.1, -0.05) is 30.3 Å². The first-order valence-corrected chi connectivity index (χ1v) is 6.61. The maximum absolute atomic E-state index is 11.2. The van der Waals surface area contributed by atoms with Crippen LogP contribution in [0.1, 0.15) is 11.8 Å². The molecule has 0 N–H and O–H groups in total. The van der Waals surface area contributed by atoms with Crippen LogP contribution in [0.2, 0.25) is 0 Å². The first-order chi connectivity index (χ1) is 8.79. The molecular formula is C15H14O2S. The standard InChI is InChI=1S/C15H14O2S/c1-2-17-15(16)11-9-13-8-10-14(18-13)12-6-4-3-5-7-12/h3-11H,2H2,1H3. The fourth-order valence-corrected chi connectivity index (χ4v) is 2.46. The Kier molecular flexibility index (Phi) is 4.31. The van der Waals surface area contributed by atoms with Crippen molar-refractivity contribution < 1.29 is 9.53 Å². The maximum Gasteiger partial charge on any atom is 0.330 e. The van der Waals surface area contributed by atoms with Gasteiger partial charge in [0.15, 0.2) is 0 Å². The van der Waals surface area contributed by atoms with Gasteiger partial charge in [-0.2, -0.15) is 0 Å². The van der Waals surface area contributed by atoms with E-state index in [0.717, 1.165) is 4.88 Å². The van der Waals surface area contributed by atoms with E-state index in [4.69, 9.17) is 4.74 Å². The quantitative estimate of drug-likeness (QED) is 0.612. The summed E-state index contributed by atoms with van der Waals surface area (Å²) in [4.78, 5) is 13.4. The van der Waals surface area contributed by atoms with E-state index in [-0.39, 0.29) is 5.97 Å². The van der Waals surface area contributed by atoms with Crippen LogP contribution in [0, 0.1) is 0 Å². The minimum absolute atomic E-state index is 0.299. The first-order valence-electron chi connectivity index (χ1n) is 5.79. The third kappa shape index (κ3) is 3.31. The molecule has 18 heavy (non-hydrogen) atoms. The largest absolute Gasteiger partial charge is 0.463 e. The van der Waals surface area contributed by atoms with Gasteiger partial charge in [0.2, 0.25) is 0 Å². The number of esters is 1. The van der Waals surface area contributed by atoms with Gasteiger partial charge >= 0.3 is 5.97 Å². The summed E-state index contributed by atoms with van der Waals surface area (Å²) in [6, 6.07) is 14.2. The Morgan fingerprint density at radius 3 is 2.72 bits per heavy atom. The second kappa shape index (κ2) is 6.17. The van der Waals surface area contributed by atoms with Gasteiger partial charge in [0.25, 0.3) is 0 Å². The van der Waals surface area contributed by atoms with Gasteiger partial charge in [0.05, 0.1) is 6.61 Å². The fraction of sp³-hybridized carbons (Fsp3) is 0.133. The lowest BCUT2D eigenvalue weighted by molar-refractivity contribution is -0.137. The van der Waals surface area contributed by atoms with E-state index < -0.39 is 0 Å². The number of carbonyl (C=O) groups is 1. The van der Waals surface area contributed by atoms with Crippen LogP contribution in [-0.2, 0) is 9.53 Å². The molecule has 1 aromatic carbocycles. The van der Waals surface area contributed by atoms with Crippen molar-refractivity contribution in [3.8, 4) is 10.4 Å². The van der Waals surface area contributed by atoms with Crippen molar-refractivity contribution >= 4 is 23.4 Å². The predicted molar refractivity (Wildman–Crippen MR) is 75.4 cm³/mol. The maximum atomic E-state index is 11.2. The lowest BCUT2D eigenvalue weighted by atomic mass is 10.2. The van der Waals surface area contributed by atoms with Crippen LogP contribution in [-0.4, -0.2) is 12.6 Å². The molecule has 2 nitrogen and oxygen atoms in total. The number of carbonyl (C=O) groups excluding carboxylic acids is 1. The first kappa shape index (κ1) is 12.6. The molecule has 0 atom stereocenters. The highest BCUT2D eigenvalue weighted by Gasteiger charge is 2.01. The van der Waals surface area contributed by atoms with Crippen LogP contribution in [0.4, 0.5) is 0 Å². The Morgan fingerprint density at radius 2 is 2.00 bits per heavy atom. The van der Waals surface area contributed by atoms with Crippen LogP contribution in [0.15, 0.2) is 48.5 Å². The van der Waals surface area contributed by atoms with Crippen LogP contribution < -0.4 is 0 Å². The number of hydrogen-bond acceptors (Lipinski definition) is 3. The number of hydrogen-bond donors (Lipinski definition) is 0. The molecule has 0 aliphatic rings. The molecular weight excluding hydrogens is 244 g/mol. The summed E-state index contributed by atoms with van der Waals surface area (Å²) in [5, 5.41) is 0. The Bertz CT molecular complexity index is 541. The number of ether oxygens (including phenoxy) is 1. The highest BCUT2D eigenvalue weighted by molar-refractivity contribution is 7.16. The third-order valence-corrected chi connectivity index (χ3v) is 3.45. The zero-order valence-electron chi connectivity index (χ0n) is 10.1. The summed E-state index contributed by atoms with van der Waals surface area (Å²) < 4.78 is 4.83. The van der Waals surface area contributed by atoms with Crippen molar-refractivity contribution in [3.63, 3.8) is 0 Å². The summed E-state index contributed by atoms with van der Waals surface area (Å²) in [6.07, 6.45) is 3.25. The van der Waals surface area contributed by atoms with E-state index in [9.17, 15) is 4.79 Å². The predicted octanol–water partition coefficient (Wildman–Crippen LogP) is 3.99. The monoisotopic (exact) mass is 258 g/mol. The minimum atomic E-state index is -0.299. The highest BCUT2D eigenvalue weighted by atomic mass is 32.1. The molecule has 2 aromatic rings. The van der Waals surface area contributed by atoms with Crippen molar-refractivity contribution in [2.75, 3.05) is 6.61 Å². The van der Waals surface area contributed by atoms with Crippen molar-refractivity contribution in [3.05, 3.63) is 53.4 Å². The second-order valence-electron chi connectivity index (χ2n) is 3.65. The van der Waals surface area contributed by atoms with Gasteiger partial charge in [-0.05, 0) is 30.7 Å². The molecule has 0 aliphatic carbocycles. The average Bonchev–Trinajstić information content (AvgIpc) is 2.87. The number of benzene rings is 1. The third-order valence-electron chi connectivity index (χ3n) is 2.36. The Morgan fingerprint density at radius 1 is 1.22 bits per heavy atom. The zero-order valence-corrected chi connectivity index (χ0v) is 10.9. The van der Waals surface area contributed by atoms with Crippen molar-refractivity contribution in [1.82, 2.24) is 0 Å². The molecule has 0 aliphatic heterocycles. The summed E-state index contributed by atoms with van der Waals surface area (Å²) in [6.45, 7) is 2.20. The van der Waals surface area contributed by atoms with Crippen LogP contribution in [0.3, 0.4) is 0 Å². The normalized spacial score (nSPS) is 10.7. The summed E-state index contributed by atoms with van der Waals surface area (Å²) >= 11 is 1.65. The lowest BCUT2D eigenvalue weighted by Crippen LogP contribution is -1.98. The molecule has 0 saturated carbocycles. The van der Waals surface area contributed by atoms with Crippen molar-refractivity contribution in [1.29, 1.82) is 0 Å². The average molecular weight is 258 g/mol. The SMILES string of the molecule is CCOC(=O)C=Cc1ccc(-c2ccccc2)s1. The fourth-order valence-electron chi connectivity index (χ4n) is 1.54. The molecule has 0 radical (unpaired) electrons. The van der Waals surface area contributed by atoms with Crippen molar-refractivity contribution in [2.24, 2.45) is 0 Å². The summed E-state index contributed by atoms with van der Waals surface area (Å²) in [5.41, 5.74) is 1.19. The van der Waals surface area contributed by atoms with E-state index >= 15 is 0 Å². The number of thiophene rings is 1. The molecule has 0 saturated heterocycles. The van der Waals surface area contributed by atoms with Crippen LogP contribution in [0.5, 0.6) is 0 Å². The molecule has 1 aromatic heterocycles. The molecule has 92 valence electrons. The smallest absolute Gasteiger partial charge is 0.330 e.